The second kappa shape index (κ2) is 7.30. The molecule has 0 unspecified atom stereocenters. The molecule has 0 fully saturated rings. The van der Waals surface area contributed by atoms with Gasteiger partial charge >= 0.3 is 0 Å². The van der Waals surface area contributed by atoms with Gasteiger partial charge in [-0.25, -0.2) is 5.43 Å². The highest BCUT2D eigenvalue weighted by molar-refractivity contribution is 6.02. The van der Waals surface area contributed by atoms with Crippen molar-refractivity contribution in [3.05, 3.63) is 65.2 Å². The van der Waals surface area contributed by atoms with Crippen molar-refractivity contribution in [2.75, 3.05) is 0 Å². The largest absolute Gasteiger partial charge is 0.508 e. The minimum Gasteiger partial charge on any atom is -0.508 e. The number of phenols is 1. The molecule has 1 amide bonds. The first-order chi connectivity index (χ1) is 11.3. The quantitative estimate of drug-likeness (QED) is 0.653. The molecule has 0 saturated carbocycles. The van der Waals surface area contributed by atoms with Crippen molar-refractivity contribution in [1.29, 1.82) is 0 Å². The summed E-state index contributed by atoms with van der Waals surface area (Å²) in [5.74, 6) is -0.0302. The van der Waals surface area contributed by atoms with Gasteiger partial charge in [0.2, 0.25) is 0 Å². The Labute approximate surface area is 143 Å². The van der Waals surface area contributed by atoms with E-state index in [-0.39, 0.29) is 17.1 Å². The molecule has 0 atom stereocenters. The standard InChI is InChI=1S/C20H24N2O2/c1-5-18(14-8-12-17(23)13-9-14)21-22-19(24)15-6-10-16(11-7-15)20(2,3)4/h6-13,23H,5H2,1-4H3,(H,22,24). The minimum atomic E-state index is -0.236. The summed E-state index contributed by atoms with van der Waals surface area (Å²) >= 11 is 0. The van der Waals surface area contributed by atoms with Gasteiger partial charge < -0.3 is 5.11 Å². The number of benzene rings is 2. The van der Waals surface area contributed by atoms with Gasteiger partial charge in [-0.15, -0.1) is 0 Å². The Bertz CT molecular complexity index is 724. The monoisotopic (exact) mass is 324 g/mol. The summed E-state index contributed by atoms with van der Waals surface area (Å²) in [5.41, 5.74) is 6.06. The van der Waals surface area contributed by atoms with Crippen LogP contribution in [0, 0.1) is 0 Å². The molecule has 0 aromatic heterocycles. The number of nitrogens with one attached hydrogen (secondary N) is 1. The van der Waals surface area contributed by atoms with Crippen LogP contribution in [-0.4, -0.2) is 16.7 Å². The molecule has 126 valence electrons. The highest BCUT2D eigenvalue weighted by Gasteiger charge is 2.14. The first-order valence-corrected chi connectivity index (χ1v) is 8.08. The van der Waals surface area contributed by atoms with E-state index >= 15 is 0 Å². The summed E-state index contributed by atoms with van der Waals surface area (Å²) in [4.78, 5) is 12.3. The van der Waals surface area contributed by atoms with Crippen LogP contribution in [0.15, 0.2) is 53.6 Å². The number of rotatable bonds is 4. The van der Waals surface area contributed by atoms with Crippen molar-refractivity contribution in [2.45, 2.75) is 39.5 Å². The van der Waals surface area contributed by atoms with Gasteiger partial charge in [-0.3, -0.25) is 4.79 Å². The number of hydrazone groups is 1. The zero-order valence-corrected chi connectivity index (χ0v) is 14.6. The number of phenolic OH excluding ortho intramolecular Hbond substituents is 1. The third-order valence-electron chi connectivity index (χ3n) is 3.84. The van der Waals surface area contributed by atoms with Crippen LogP contribution in [0.4, 0.5) is 0 Å². The molecular formula is C20H24N2O2. The molecule has 0 saturated heterocycles. The average Bonchev–Trinajstić information content (AvgIpc) is 2.56. The van der Waals surface area contributed by atoms with Crippen LogP contribution in [0.25, 0.3) is 0 Å². The van der Waals surface area contributed by atoms with Gasteiger partial charge in [0.25, 0.3) is 5.91 Å². The second-order valence-corrected chi connectivity index (χ2v) is 6.73. The van der Waals surface area contributed by atoms with Crippen LogP contribution in [0.3, 0.4) is 0 Å². The summed E-state index contributed by atoms with van der Waals surface area (Å²) in [6.07, 6.45) is 0.675. The smallest absolute Gasteiger partial charge is 0.271 e. The highest BCUT2D eigenvalue weighted by atomic mass is 16.3. The maximum Gasteiger partial charge on any atom is 0.271 e. The molecule has 2 N–H and O–H groups in total. The Balaban J connectivity index is 2.11. The van der Waals surface area contributed by atoms with Gasteiger partial charge in [-0.1, -0.05) is 39.8 Å². The molecule has 2 aromatic rings. The van der Waals surface area contributed by atoms with Gasteiger partial charge in [0, 0.05) is 5.56 Å². The van der Waals surface area contributed by atoms with Crippen molar-refractivity contribution in [1.82, 2.24) is 5.43 Å². The minimum absolute atomic E-state index is 0.0570. The molecule has 0 heterocycles. The summed E-state index contributed by atoms with van der Waals surface area (Å²) in [6.45, 7) is 8.38. The Morgan fingerprint density at radius 2 is 1.54 bits per heavy atom. The predicted octanol–water partition coefficient (Wildman–Crippen LogP) is 4.23. The lowest BCUT2D eigenvalue weighted by atomic mass is 9.87. The third kappa shape index (κ3) is 4.44. The fourth-order valence-corrected chi connectivity index (χ4v) is 2.31. The van der Waals surface area contributed by atoms with Crippen molar-refractivity contribution >= 4 is 11.6 Å². The number of carbonyl (C=O) groups excluding carboxylic acids is 1. The number of carbonyl (C=O) groups is 1. The maximum absolute atomic E-state index is 12.3. The van der Waals surface area contributed by atoms with E-state index in [1.807, 2.05) is 31.2 Å². The maximum atomic E-state index is 12.3. The van der Waals surface area contributed by atoms with Gasteiger partial charge in [0.1, 0.15) is 5.75 Å². The molecule has 0 aliphatic heterocycles. The Kier molecular flexibility index (Phi) is 5.39. The zero-order chi connectivity index (χ0) is 17.7. The molecular weight excluding hydrogens is 300 g/mol. The van der Waals surface area contributed by atoms with Crippen LogP contribution in [0.2, 0.25) is 0 Å². The van der Waals surface area contributed by atoms with E-state index in [9.17, 15) is 9.90 Å². The van der Waals surface area contributed by atoms with Crippen molar-refractivity contribution in [3.63, 3.8) is 0 Å². The SMILES string of the molecule is CCC(=NNC(=O)c1ccc(C(C)(C)C)cc1)c1ccc(O)cc1. The lowest BCUT2D eigenvalue weighted by Crippen LogP contribution is -2.20. The molecule has 4 nitrogen and oxygen atoms in total. The number of aromatic hydroxyl groups is 1. The summed E-state index contributed by atoms with van der Waals surface area (Å²) in [6, 6.07) is 14.3. The average molecular weight is 324 g/mol. The Hall–Kier alpha value is -2.62. The number of hydrogen-bond acceptors (Lipinski definition) is 3. The predicted molar refractivity (Wildman–Crippen MR) is 97.5 cm³/mol. The second-order valence-electron chi connectivity index (χ2n) is 6.73. The van der Waals surface area contributed by atoms with E-state index in [0.29, 0.717) is 12.0 Å². The van der Waals surface area contributed by atoms with Crippen molar-refractivity contribution < 1.29 is 9.90 Å². The van der Waals surface area contributed by atoms with Crippen molar-refractivity contribution in [3.8, 4) is 5.75 Å². The molecule has 0 aliphatic carbocycles. The number of amides is 1. The number of nitrogens with zero attached hydrogens (tertiary/aromatic N) is 1. The van der Waals surface area contributed by atoms with Crippen LogP contribution < -0.4 is 5.43 Å². The van der Waals surface area contributed by atoms with E-state index < -0.39 is 0 Å². The van der Waals surface area contributed by atoms with Crippen LogP contribution >= 0.6 is 0 Å². The summed E-state index contributed by atoms with van der Waals surface area (Å²) < 4.78 is 0. The van der Waals surface area contributed by atoms with Crippen LogP contribution in [-0.2, 0) is 5.41 Å². The van der Waals surface area contributed by atoms with E-state index in [4.69, 9.17) is 0 Å². The molecule has 2 aromatic carbocycles. The molecule has 0 spiro atoms. The van der Waals surface area contributed by atoms with E-state index in [0.717, 1.165) is 11.3 Å². The first-order valence-electron chi connectivity index (χ1n) is 8.08. The van der Waals surface area contributed by atoms with Gasteiger partial charge in [-0.2, -0.15) is 5.10 Å². The third-order valence-corrected chi connectivity index (χ3v) is 3.84. The molecule has 24 heavy (non-hydrogen) atoms. The van der Waals surface area contributed by atoms with E-state index in [2.05, 4.69) is 31.3 Å². The van der Waals surface area contributed by atoms with E-state index in [1.165, 1.54) is 5.56 Å². The van der Waals surface area contributed by atoms with Crippen LogP contribution in [0.1, 0.15) is 55.6 Å². The molecule has 0 bridgehead atoms. The lowest BCUT2D eigenvalue weighted by Gasteiger charge is -2.18. The highest BCUT2D eigenvalue weighted by Crippen LogP contribution is 2.22. The van der Waals surface area contributed by atoms with Crippen molar-refractivity contribution in [2.24, 2.45) is 5.10 Å². The first kappa shape index (κ1) is 17.7. The van der Waals surface area contributed by atoms with Gasteiger partial charge in [0.05, 0.1) is 5.71 Å². The Morgan fingerprint density at radius 1 is 1.00 bits per heavy atom. The lowest BCUT2D eigenvalue weighted by molar-refractivity contribution is 0.0954. The molecule has 2 rings (SSSR count). The topological polar surface area (TPSA) is 61.7 Å². The molecule has 0 aliphatic rings. The Morgan fingerprint density at radius 3 is 2.04 bits per heavy atom. The fraction of sp³-hybridized carbons (Fsp3) is 0.300. The molecule has 0 radical (unpaired) electrons. The number of hydrogen-bond donors (Lipinski definition) is 2. The van der Waals surface area contributed by atoms with Gasteiger partial charge in [0.15, 0.2) is 0 Å². The normalized spacial score (nSPS) is 12.1. The van der Waals surface area contributed by atoms with E-state index in [1.54, 1.807) is 24.3 Å². The summed E-state index contributed by atoms with van der Waals surface area (Å²) in [5, 5.41) is 13.6. The van der Waals surface area contributed by atoms with Gasteiger partial charge in [-0.05, 0) is 59.4 Å². The summed E-state index contributed by atoms with van der Waals surface area (Å²) in [7, 11) is 0. The zero-order valence-electron chi connectivity index (χ0n) is 14.6. The molecule has 4 heteroatoms. The van der Waals surface area contributed by atoms with Crippen LogP contribution in [0.5, 0.6) is 5.75 Å². The fourth-order valence-electron chi connectivity index (χ4n) is 2.31.